The van der Waals surface area contributed by atoms with E-state index in [1.165, 1.54) is 5.56 Å². The van der Waals surface area contributed by atoms with Crippen molar-refractivity contribution in [2.45, 2.75) is 25.8 Å². The van der Waals surface area contributed by atoms with Crippen LogP contribution in [0.5, 0.6) is 0 Å². The lowest BCUT2D eigenvalue weighted by molar-refractivity contribution is -0.119. The molecule has 22 heavy (non-hydrogen) atoms. The van der Waals surface area contributed by atoms with Gasteiger partial charge in [-0.15, -0.1) is 0 Å². The minimum Gasteiger partial charge on any atom is -0.374 e. The Morgan fingerprint density at radius 3 is 2.68 bits per heavy atom. The van der Waals surface area contributed by atoms with E-state index in [2.05, 4.69) is 11.4 Å². The summed E-state index contributed by atoms with van der Waals surface area (Å²) in [5.41, 5.74) is 3.19. The van der Waals surface area contributed by atoms with Gasteiger partial charge in [0.1, 0.15) is 6.04 Å². The number of fused-ring (bicyclic) bond motifs is 1. The second kappa shape index (κ2) is 6.41. The van der Waals surface area contributed by atoms with E-state index >= 15 is 0 Å². The maximum absolute atomic E-state index is 12.8. The standard InChI is InChI=1S/C18H19ClN2O/c1-13(20-16-10-8-15(19)9-11-16)18(22)21-12-4-6-14-5-2-3-7-17(14)21/h2-3,5,7-11,13,20H,4,6,12H2,1H3. The van der Waals surface area contributed by atoms with Crippen LogP contribution < -0.4 is 10.2 Å². The van der Waals surface area contributed by atoms with Gasteiger partial charge in [-0.05, 0) is 55.7 Å². The summed E-state index contributed by atoms with van der Waals surface area (Å²) in [4.78, 5) is 14.7. The highest BCUT2D eigenvalue weighted by Crippen LogP contribution is 2.27. The van der Waals surface area contributed by atoms with Crippen LogP contribution in [0.4, 0.5) is 11.4 Å². The van der Waals surface area contributed by atoms with E-state index in [0.29, 0.717) is 5.02 Å². The summed E-state index contributed by atoms with van der Waals surface area (Å²) in [6, 6.07) is 15.3. The fraction of sp³-hybridized carbons (Fsp3) is 0.278. The molecule has 0 saturated heterocycles. The normalized spacial score (nSPS) is 15.1. The zero-order valence-electron chi connectivity index (χ0n) is 12.6. The molecule has 1 heterocycles. The first-order valence-corrected chi connectivity index (χ1v) is 7.94. The molecule has 4 heteroatoms. The van der Waals surface area contributed by atoms with Crippen molar-refractivity contribution in [3.8, 4) is 0 Å². The molecule has 3 rings (SSSR count). The molecule has 0 bridgehead atoms. The number of para-hydroxylation sites is 1. The number of halogens is 1. The van der Waals surface area contributed by atoms with Crippen LogP contribution in [0.1, 0.15) is 18.9 Å². The number of nitrogens with zero attached hydrogens (tertiary/aromatic N) is 1. The van der Waals surface area contributed by atoms with Crippen LogP contribution in [0.2, 0.25) is 5.02 Å². The lowest BCUT2D eigenvalue weighted by Gasteiger charge is -2.31. The predicted octanol–water partition coefficient (Wildman–Crippen LogP) is 4.12. The molecule has 0 radical (unpaired) electrons. The molecular weight excluding hydrogens is 296 g/mol. The second-order valence-electron chi connectivity index (χ2n) is 5.60. The van der Waals surface area contributed by atoms with Gasteiger partial charge in [-0.3, -0.25) is 4.79 Å². The maximum atomic E-state index is 12.8. The van der Waals surface area contributed by atoms with E-state index in [4.69, 9.17) is 11.6 Å². The van der Waals surface area contributed by atoms with Crippen molar-refractivity contribution in [3.05, 3.63) is 59.1 Å². The molecule has 1 amide bonds. The average Bonchev–Trinajstić information content (AvgIpc) is 2.55. The Balaban J connectivity index is 1.75. The summed E-state index contributed by atoms with van der Waals surface area (Å²) in [6.45, 7) is 2.68. The van der Waals surface area contributed by atoms with E-state index in [-0.39, 0.29) is 11.9 Å². The maximum Gasteiger partial charge on any atom is 0.249 e. The Morgan fingerprint density at radius 2 is 1.91 bits per heavy atom. The van der Waals surface area contributed by atoms with Gasteiger partial charge in [-0.1, -0.05) is 29.8 Å². The van der Waals surface area contributed by atoms with Crippen molar-refractivity contribution < 1.29 is 4.79 Å². The van der Waals surface area contributed by atoms with Crippen molar-refractivity contribution in [1.82, 2.24) is 0 Å². The van der Waals surface area contributed by atoms with Crippen molar-refractivity contribution >= 4 is 28.9 Å². The summed E-state index contributed by atoms with van der Waals surface area (Å²) >= 11 is 5.89. The third-order valence-corrected chi connectivity index (χ3v) is 4.23. The molecule has 0 saturated carbocycles. The average molecular weight is 315 g/mol. The minimum absolute atomic E-state index is 0.0992. The van der Waals surface area contributed by atoms with Gasteiger partial charge in [0.05, 0.1) is 0 Å². The first-order valence-electron chi connectivity index (χ1n) is 7.56. The lowest BCUT2D eigenvalue weighted by atomic mass is 10.0. The van der Waals surface area contributed by atoms with Crippen molar-refractivity contribution in [2.75, 3.05) is 16.8 Å². The van der Waals surface area contributed by atoms with Gasteiger partial charge in [0.25, 0.3) is 0 Å². The molecule has 1 atom stereocenters. The summed E-state index contributed by atoms with van der Waals surface area (Å²) in [5.74, 6) is 0.0992. The van der Waals surface area contributed by atoms with Gasteiger partial charge in [-0.25, -0.2) is 0 Å². The summed E-state index contributed by atoms with van der Waals surface area (Å²) in [6.07, 6.45) is 2.05. The van der Waals surface area contributed by atoms with E-state index in [0.717, 1.165) is 30.8 Å². The van der Waals surface area contributed by atoms with Crippen LogP contribution in [0.3, 0.4) is 0 Å². The second-order valence-corrected chi connectivity index (χ2v) is 6.03. The summed E-state index contributed by atoms with van der Waals surface area (Å²) < 4.78 is 0. The Labute approximate surface area is 135 Å². The van der Waals surface area contributed by atoms with E-state index < -0.39 is 0 Å². The smallest absolute Gasteiger partial charge is 0.249 e. The third-order valence-electron chi connectivity index (χ3n) is 3.97. The van der Waals surface area contributed by atoms with Crippen LogP contribution in [-0.2, 0) is 11.2 Å². The number of rotatable bonds is 3. The van der Waals surface area contributed by atoms with Crippen LogP contribution in [-0.4, -0.2) is 18.5 Å². The highest BCUT2D eigenvalue weighted by Gasteiger charge is 2.25. The fourth-order valence-electron chi connectivity index (χ4n) is 2.85. The number of hydrogen-bond acceptors (Lipinski definition) is 2. The lowest BCUT2D eigenvalue weighted by Crippen LogP contribution is -2.44. The van der Waals surface area contributed by atoms with E-state index in [1.54, 1.807) is 0 Å². The summed E-state index contributed by atoms with van der Waals surface area (Å²) in [7, 11) is 0. The van der Waals surface area contributed by atoms with Crippen molar-refractivity contribution in [1.29, 1.82) is 0 Å². The van der Waals surface area contributed by atoms with Gasteiger partial charge >= 0.3 is 0 Å². The first kappa shape index (κ1) is 14.9. The highest BCUT2D eigenvalue weighted by atomic mass is 35.5. The summed E-state index contributed by atoms with van der Waals surface area (Å²) in [5, 5.41) is 3.94. The van der Waals surface area contributed by atoms with E-state index in [9.17, 15) is 4.79 Å². The number of anilines is 2. The SMILES string of the molecule is CC(Nc1ccc(Cl)cc1)C(=O)N1CCCc2ccccc21. The number of aryl methyl sites for hydroxylation is 1. The molecule has 1 N–H and O–H groups in total. The number of amides is 1. The quantitative estimate of drug-likeness (QED) is 0.924. The molecule has 1 aliphatic rings. The van der Waals surface area contributed by atoms with E-state index in [1.807, 2.05) is 54.3 Å². The number of benzene rings is 2. The fourth-order valence-corrected chi connectivity index (χ4v) is 2.98. The van der Waals surface area contributed by atoms with Crippen LogP contribution >= 0.6 is 11.6 Å². The molecule has 2 aromatic rings. The largest absolute Gasteiger partial charge is 0.374 e. The molecule has 0 aliphatic carbocycles. The number of nitrogens with one attached hydrogen (secondary N) is 1. The van der Waals surface area contributed by atoms with Crippen molar-refractivity contribution in [2.24, 2.45) is 0 Å². The Morgan fingerprint density at radius 1 is 1.18 bits per heavy atom. The zero-order valence-corrected chi connectivity index (χ0v) is 13.3. The zero-order chi connectivity index (χ0) is 15.5. The first-order chi connectivity index (χ1) is 10.6. The molecule has 0 aromatic heterocycles. The third kappa shape index (κ3) is 3.09. The Hall–Kier alpha value is -2.00. The van der Waals surface area contributed by atoms with Crippen LogP contribution in [0, 0.1) is 0 Å². The van der Waals surface area contributed by atoms with Gasteiger partial charge in [-0.2, -0.15) is 0 Å². The van der Waals surface area contributed by atoms with Crippen LogP contribution in [0.25, 0.3) is 0 Å². The Kier molecular flexibility index (Phi) is 4.34. The number of hydrogen-bond donors (Lipinski definition) is 1. The predicted molar refractivity (Wildman–Crippen MR) is 91.7 cm³/mol. The van der Waals surface area contributed by atoms with Crippen LogP contribution in [0.15, 0.2) is 48.5 Å². The molecule has 1 aliphatic heterocycles. The molecular formula is C18H19ClN2O. The molecule has 0 fully saturated rings. The van der Waals surface area contributed by atoms with Crippen molar-refractivity contribution in [3.63, 3.8) is 0 Å². The van der Waals surface area contributed by atoms with Gasteiger partial charge < -0.3 is 10.2 Å². The molecule has 2 aromatic carbocycles. The molecule has 114 valence electrons. The number of carbonyl (C=O) groups is 1. The molecule has 3 nitrogen and oxygen atoms in total. The number of carbonyl (C=O) groups excluding carboxylic acids is 1. The Bertz CT molecular complexity index is 669. The topological polar surface area (TPSA) is 32.3 Å². The highest BCUT2D eigenvalue weighted by molar-refractivity contribution is 6.30. The van der Waals surface area contributed by atoms with Gasteiger partial charge in [0, 0.05) is 22.9 Å². The monoisotopic (exact) mass is 314 g/mol. The minimum atomic E-state index is -0.285. The van der Waals surface area contributed by atoms with Gasteiger partial charge in [0.2, 0.25) is 5.91 Å². The molecule has 1 unspecified atom stereocenters. The van der Waals surface area contributed by atoms with Gasteiger partial charge in [0.15, 0.2) is 0 Å². The molecule has 0 spiro atoms.